The van der Waals surface area contributed by atoms with Crippen LogP contribution in [0.15, 0.2) is 17.7 Å². The number of rotatable bonds is 6. The van der Waals surface area contributed by atoms with Gasteiger partial charge >= 0.3 is 0 Å². The largest absolute Gasteiger partial charge is 0.496 e. The molecule has 6 nitrogen and oxygen atoms in total. The molecular weight excluding hydrogens is 332 g/mol. The van der Waals surface area contributed by atoms with Gasteiger partial charge in [0.25, 0.3) is 5.91 Å². The van der Waals surface area contributed by atoms with Gasteiger partial charge in [-0.05, 0) is 30.9 Å². The van der Waals surface area contributed by atoms with Crippen molar-refractivity contribution in [3.8, 4) is 23.3 Å². The maximum absolute atomic E-state index is 12.6. The van der Waals surface area contributed by atoms with E-state index < -0.39 is 0 Å². The predicted octanol–water partition coefficient (Wildman–Crippen LogP) is 3.31. The third-order valence-electron chi connectivity index (χ3n) is 4.83. The molecular formula is C20H26N2O4. The van der Waals surface area contributed by atoms with E-state index in [4.69, 9.17) is 14.2 Å². The lowest BCUT2D eigenvalue weighted by atomic mass is 9.86. The van der Waals surface area contributed by atoms with Crippen LogP contribution in [0.1, 0.15) is 38.2 Å². The van der Waals surface area contributed by atoms with Gasteiger partial charge in [-0.25, -0.2) is 0 Å². The summed E-state index contributed by atoms with van der Waals surface area (Å²) in [6, 6.07) is 5.46. The van der Waals surface area contributed by atoms with E-state index in [0.29, 0.717) is 28.7 Å². The highest BCUT2D eigenvalue weighted by Gasteiger charge is 2.24. The summed E-state index contributed by atoms with van der Waals surface area (Å²) >= 11 is 0. The zero-order valence-corrected chi connectivity index (χ0v) is 15.8. The Labute approximate surface area is 154 Å². The topological polar surface area (TPSA) is 80.6 Å². The number of amides is 1. The summed E-state index contributed by atoms with van der Waals surface area (Å²) in [5, 5.41) is 12.5. The molecule has 0 bridgehead atoms. The number of benzene rings is 1. The van der Waals surface area contributed by atoms with E-state index >= 15 is 0 Å². The normalized spacial score (nSPS) is 20.0. The first-order valence-corrected chi connectivity index (χ1v) is 8.76. The third-order valence-corrected chi connectivity index (χ3v) is 4.83. The van der Waals surface area contributed by atoms with E-state index in [1.165, 1.54) is 33.8 Å². The van der Waals surface area contributed by atoms with E-state index in [2.05, 4.69) is 12.2 Å². The first-order chi connectivity index (χ1) is 12.5. The van der Waals surface area contributed by atoms with E-state index in [1.807, 2.05) is 6.07 Å². The lowest BCUT2D eigenvalue weighted by Crippen LogP contribution is -2.41. The molecule has 1 amide bonds. The Morgan fingerprint density at radius 1 is 1.12 bits per heavy atom. The molecule has 6 heteroatoms. The maximum atomic E-state index is 12.6. The van der Waals surface area contributed by atoms with Crippen LogP contribution in [-0.4, -0.2) is 33.3 Å². The lowest BCUT2D eigenvalue weighted by Gasteiger charge is -2.29. The molecule has 1 aromatic rings. The molecule has 1 aliphatic carbocycles. The van der Waals surface area contributed by atoms with E-state index in [0.717, 1.165) is 19.3 Å². The first-order valence-electron chi connectivity index (χ1n) is 8.76. The maximum Gasteiger partial charge on any atom is 0.262 e. The highest BCUT2D eigenvalue weighted by atomic mass is 16.5. The molecule has 0 aliphatic heterocycles. The Morgan fingerprint density at radius 2 is 1.73 bits per heavy atom. The summed E-state index contributed by atoms with van der Waals surface area (Å²) in [7, 11) is 4.58. The molecule has 0 saturated heterocycles. The molecule has 0 spiro atoms. The summed E-state index contributed by atoms with van der Waals surface area (Å²) in [6.07, 6.45) is 5.86. The Bertz CT molecular complexity index is 721. The van der Waals surface area contributed by atoms with Crippen molar-refractivity contribution in [2.24, 2.45) is 5.92 Å². The van der Waals surface area contributed by atoms with Crippen molar-refractivity contribution in [2.75, 3.05) is 21.3 Å². The van der Waals surface area contributed by atoms with E-state index in [9.17, 15) is 10.1 Å². The smallest absolute Gasteiger partial charge is 0.262 e. The average molecular weight is 358 g/mol. The van der Waals surface area contributed by atoms with Gasteiger partial charge in [-0.3, -0.25) is 4.79 Å². The number of nitrogens with zero attached hydrogens (tertiary/aromatic N) is 1. The number of ether oxygens (including phenoxy) is 3. The molecule has 0 aromatic heterocycles. The Morgan fingerprint density at radius 3 is 2.31 bits per heavy atom. The van der Waals surface area contributed by atoms with Crippen LogP contribution in [0.5, 0.6) is 17.2 Å². The van der Waals surface area contributed by atoms with Crippen LogP contribution in [-0.2, 0) is 4.79 Å². The van der Waals surface area contributed by atoms with E-state index in [-0.39, 0.29) is 17.5 Å². The van der Waals surface area contributed by atoms with Crippen molar-refractivity contribution in [3.63, 3.8) is 0 Å². The Kier molecular flexibility index (Phi) is 6.90. The van der Waals surface area contributed by atoms with Gasteiger partial charge < -0.3 is 19.5 Å². The molecule has 2 rings (SSSR count). The van der Waals surface area contributed by atoms with Gasteiger partial charge in [-0.15, -0.1) is 0 Å². The van der Waals surface area contributed by atoms with Gasteiger partial charge in [-0.2, -0.15) is 5.26 Å². The van der Waals surface area contributed by atoms with Crippen LogP contribution >= 0.6 is 0 Å². The van der Waals surface area contributed by atoms with Crippen LogP contribution in [0.3, 0.4) is 0 Å². The molecule has 0 heterocycles. The molecule has 2 atom stereocenters. The van der Waals surface area contributed by atoms with Gasteiger partial charge in [0, 0.05) is 17.7 Å². The summed E-state index contributed by atoms with van der Waals surface area (Å²) in [5.41, 5.74) is 0.613. The van der Waals surface area contributed by atoms with Crippen LogP contribution < -0.4 is 19.5 Å². The fourth-order valence-corrected chi connectivity index (χ4v) is 3.25. The zero-order valence-electron chi connectivity index (χ0n) is 15.8. The molecule has 0 unspecified atom stereocenters. The number of hydrogen-bond donors (Lipinski definition) is 1. The summed E-state index contributed by atoms with van der Waals surface area (Å²) in [6.45, 7) is 2.14. The molecule has 1 fully saturated rings. The van der Waals surface area contributed by atoms with Crippen molar-refractivity contribution in [2.45, 2.75) is 38.6 Å². The standard InChI is InChI=1S/C20H26N2O4/c1-13-7-5-6-8-16(13)22-20(23)15(12-21)9-14-10-18(25-3)19(26-4)11-17(14)24-2/h9-11,13,16H,5-8H2,1-4H3,(H,22,23)/b15-9+/t13-,16+/m0/s1. The van der Waals surface area contributed by atoms with Crippen molar-refractivity contribution in [3.05, 3.63) is 23.3 Å². The molecule has 0 radical (unpaired) electrons. The second-order valence-corrected chi connectivity index (χ2v) is 6.46. The first kappa shape index (κ1) is 19.6. The number of carbonyl (C=O) groups excluding carboxylic acids is 1. The molecule has 140 valence electrons. The minimum absolute atomic E-state index is 0.0355. The SMILES string of the molecule is COc1cc(OC)c(OC)cc1/C=C(\C#N)C(=O)N[C@@H]1CCCC[C@@H]1C. The highest BCUT2D eigenvalue weighted by Crippen LogP contribution is 2.35. The van der Waals surface area contributed by atoms with Crippen LogP contribution in [0.2, 0.25) is 0 Å². The van der Waals surface area contributed by atoms with Gasteiger partial charge in [0.1, 0.15) is 17.4 Å². The van der Waals surface area contributed by atoms with Gasteiger partial charge in [0.2, 0.25) is 0 Å². The number of hydrogen-bond acceptors (Lipinski definition) is 5. The summed E-state index contributed by atoms with van der Waals surface area (Å²) in [5.74, 6) is 1.57. The number of nitrogens with one attached hydrogen (secondary N) is 1. The van der Waals surface area contributed by atoms with Gasteiger partial charge in [0.15, 0.2) is 11.5 Å². The van der Waals surface area contributed by atoms with E-state index in [1.54, 1.807) is 12.1 Å². The minimum Gasteiger partial charge on any atom is -0.496 e. The van der Waals surface area contributed by atoms with Crippen LogP contribution in [0.4, 0.5) is 0 Å². The number of methoxy groups -OCH3 is 3. The number of nitriles is 1. The van der Waals surface area contributed by atoms with Gasteiger partial charge in [0.05, 0.1) is 21.3 Å². The fraction of sp³-hybridized carbons (Fsp3) is 0.500. The minimum atomic E-state index is -0.358. The molecule has 1 aliphatic rings. The quantitative estimate of drug-likeness (QED) is 0.623. The zero-order chi connectivity index (χ0) is 19.1. The Hall–Kier alpha value is -2.68. The third kappa shape index (κ3) is 4.48. The average Bonchev–Trinajstić information content (AvgIpc) is 2.66. The van der Waals surface area contributed by atoms with Crippen LogP contribution in [0.25, 0.3) is 6.08 Å². The molecule has 26 heavy (non-hydrogen) atoms. The summed E-state index contributed by atoms with van der Waals surface area (Å²) < 4.78 is 15.9. The number of carbonyl (C=O) groups is 1. The molecule has 1 aromatic carbocycles. The fourth-order valence-electron chi connectivity index (χ4n) is 3.25. The van der Waals surface area contributed by atoms with Crippen molar-refractivity contribution >= 4 is 12.0 Å². The Balaban J connectivity index is 2.29. The predicted molar refractivity (Wildman–Crippen MR) is 99.3 cm³/mol. The van der Waals surface area contributed by atoms with Crippen LogP contribution in [0, 0.1) is 17.2 Å². The van der Waals surface area contributed by atoms with Crippen molar-refractivity contribution in [1.29, 1.82) is 5.26 Å². The van der Waals surface area contributed by atoms with Gasteiger partial charge in [-0.1, -0.05) is 19.8 Å². The highest BCUT2D eigenvalue weighted by molar-refractivity contribution is 6.02. The lowest BCUT2D eigenvalue weighted by molar-refractivity contribution is -0.118. The molecule has 1 saturated carbocycles. The van der Waals surface area contributed by atoms with Crippen molar-refractivity contribution < 1.29 is 19.0 Å². The monoisotopic (exact) mass is 358 g/mol. The summed E-state index contributed by atoms with van der Waals surface area (Å²) in [4.78, 5) is 12.6. The second-order valence-electron chi connectivity index (χ2n) is 6.46. The van der Waals surface area contributed by atoms with Crippen molar-refractivity contribution in [1.82, 2.24) is 5.32 Å². The second kappa shape index (κ2) is 9.14. The molecule has 1 N–H and O–H groups in total.